The highest BCUT2D eigenvalue weighted by atomic mass is 32.2. The predicted octanol–water partition coefficient (Wildman–Crippen LogP) is 2.43. The van der Waals surface area contributed by atoms with Gasteiger partial charge < -0.3 is 5.32 Å². The van der Waals surface area contributed by atoms with Gasteiger partial charge in [-0.3, -0.25) is 4.79 Å². The summed E-state index contributed by atoms with van der Waals surface area (Å²) in [6.07, 6.45) is 5.05. The molecule has 0 spiro atoms. The molecule has 0 saturated heterocycles. The minimum absolute atomic E-state index is 0.0687. The molecule has 0 atom stereocenters. The third-order valence-electron chi connectivity index (χ3n) is 3.47. The summed E-state index contributed by atoms with van der Waals surface area (Å²) in [7, 11) is -3.65. The summed E-state index contributed by atoms with van der Waals surface area (Å²) in [4.78, 5) is 13.3. The van der Waals surface area contributed by atoms with Crippen molar-refractivity contribution >= 4 is 27.7 Å². The van der Waals surface area contributed by atoms with Gasteiger partial charge in [0.1, 0.15) is 0 Å². The van der Waals surface area contributed by atoms with Crippen LogP contribution in [0.15, 0.2) is 58.3 Å². The summed E-state index contributed by atoms with van der Waals surface area (Å²) >= 11 is 1.66. The number of carbonyl (C=O) groups is 1. The minimum Gasteiger partial charge on any atom is -0.351 e. The van der Waals surface area contributed by atoms with Gasteiger partial charge in [-0.15, -0.1) is 18.2 Å². The number of hydrogen-bond acceptors (Lipinski definition) is 4. The molecular formula is C19H20N2O3S2. The molecule has 2 rings (SSSR count). The molecule has 2 aromatic carbocycles. The first-order chi connectivity index (χ1) is 12.4. The molecule has 7 heteroatoms. The number of hydrogen-bond donors (Lipinski definition) is 2. The molecule has 0 saturated carbocycles. The lowest BCUT2D eigenvalue weighted by Gasteiger charge is -2.07. The van der Waals surface area contributed by atoms with Gasteiger partial charge in [0, 0.05) is 22.8 Å². The van der Waals surface area contributed by atoms with E-state index in [1.54, 1.807) is 11.8 Å². The molecule has 26 heavy (non-hydrogen) atoms. The lowest BCUT2D eigenvalue weighted by molar-refractivity contribution is 0.0956. The number of thioether (sulfide) groups is 1. The fourth-order valence-electron chi connectivity index (χ4n) is 2.08. The fraction of sp³-hybridized carbons (Fsp3) is 0.211. The maximum absolute atomic E-state index is 12.1. The second-order valence-electron chi connectivity index (χ2n) is 5.47. The molecule has 0 radical (unpaired) electrons. The Kier molecular flexibility index (Phi) is 7.27. The zero-order valence-corrected chi connectivity index (χ0v) is 16.0. The second kappa shape index (κ2) is 9.43. The van der Waals surface area contributed by atoms with Crippen LogP contribution < -0.4 is 10.0 Å². The Labute approximate surface area is 158 Å². The van der Waals surface area contributed by atoms with Gasteiger partial charge >= 0.3 is 0 Å². The SMILES string of the molecule is C#CCNS(=O)(=O)c1ccc(C(=O)NCCSc2ccc(C)cc2)cc1. The highest BCUT2D eigenvalue weighted by Gasteiger charge is 2.13. The first-order valence-corrected chi connectivity index (χ1v) is 10.4. The van der Waals surface area contributed by atoms with E-state index in [0.29, 0.717) is 12.1 Å². The van der Waals surface area contributed by atoms with E-state index >= 15 is 0 Å². The van der Waals surface area contributed by atoms with E-state index in [9.17, 15) is 13.2 Å². The maximum atomic E-state index is 12.1. The highest BCUT2D eigenvalue weighted by Crippen LogP contribution is 2.17. The second-order valence-corrected chi connectivity index (χ2v) is 8.41. The number of benzene rings is 2. The predicted molar refractivity (Wildman–Crippen MR) is 105 cm³/mol. The van der Waals surface area contributed by atoms with Crippen LogP contribution in [0.1, 0.15) is 15.9 Å². The van der Waals surface area contributed by atoms with Crippen LogP contribution in [0.3, 0.4) is 0 Å². The molecule has 0 heterocycles. The zero-order valence-electron chi connectivity index (χ0n) is 14.4. The molecule has 1 amide bonds. The van der Waals surface area contributed by atoms with Gasteiger partial charge in [-0.1, -0.05) is 23.6 Å². The summed E-state index contributed by atoms with van der Waals surface area (Å²) in [6.45, 7) is 2.47. The molecule has 0 aliphatic heterocycles. The van der Waals surface area contributed by atoms with E-state index in [4.69, 9.17) is 6.42 Å². The van der Waals surface area contributed by atoms with Crippen LogP contribution in [0.2, 0.25) is 0 Å². The van der Waals surface area contributed by atoms with E-state index in [2.05, 4.69) is 40.2 Å². The van der Waals surface area contributed by atoms with Crippen molar-refractivity contribution < 1.29 is 13.2 Å². The monoisotopic (exact) mass is 388 g/mol. The minimum atomic E-state index is -3.65. The summed E-state index contributed by atoms with van der Waals surface area (Å²) < 4.78 is 26.1. The van der Waals surface area contributed by atoms with Gasteiger partial charge in [0.05, 0.1) is 11.4 Å². The first-order valence-electron chi connectivity index (χ1n) is 7.93. The van der Waals surface area contributed by atoms with E-state index in [1.807, 2.05) is 6.92 Å². The molecule has 0 unspecified atom stereocenters. The molecule has 0 fully saturated rings. The normalized spacial score (nSPS) is 10.9. The Morgan fingerprint density at radius 1 is 1.12 bits per heavy atom. The van der Waals surface area contributed by atoms with Crippen LogP contribution in [0.25, 0.3) is 0 Å². The number of rotatable bonds is 8. The number of terminal acetylenes is 1. The number of carbonyl (C=O) groups excluding carboxylic acids is 1. The fourth-order valence-corrected chi connectivity index (χ4v) is 3.78. The van der Waals surface area contributed by atoms with Crippen molar-refractivity contribution in [3.8, 4) is 12.3 Å². The van der Waals surface area contributed by atoms with Gasteiger partial charge in [0.2, 0.25) is 10.0 Å². The van der Waals surface area contributed by atoms with Crippen molar-refractivity contribution in [3.05, 3.63) is 59.7 Å². The molecule has 5 nitrogen and oxygen atoms in total. The smallest absolute Gasteiger partial charge is 0.251 e. The van der Waals surface area contributed by atoms with Crippen molar-refractivity contribution in [2.75, 3.05) is 18.8 Å². The number of sulfonamides is 1. The van der Waals surface area contributed by atoms with E-state index in [-0.39, 0.29) is 17.3 Å². The highest BCUT2D eigenvalue weighted by molar-refractivity contribution is 7.99. The van der Waals surface area contributed by atoms with Crippen molar-refractivity contribution in [3.63, 3.8) is 0 Å². The Bertz CT molecular complexity index is 884. The average Bonchev–Trinajstić information content (AvgIpc) is 2.65. The van der Waals surface area contributed by atoms with Crippen LogP contribution in [-0.4, -0.2) is 33.2 Å². The van der Waals surface area contributed by atoms with Crippen molar-refractivity contribution in [1.82, 2.24) is 10.0 Å². The maximum Gasteiger partial charge on any atom is 0.251 e. The number of aryl methyl sites for hydroxylation is 1. The summed E-state index contributed by atoms with van der Waals surface area (Å²) in [5, 5.41) is 2.82. The van der Waals surface area contributed by atoms with Crippen molar-refractivity contribution in [1.29, 1.82) is 0 Å². The van der Waals surface area contributed by atoms with Crippen LogP contribution in [-0.2, 0) is 10.0 Å². The lowest BCUT2D eigenvalue weighted by Crippen LogP contribution is -2.26. The zero-order chi connectivity index (χ0) is 19.0. The Balaban J connectivity index is 1.84. The summed E-state index contributed by atoms with van der Waals surface area (Å²) in [5.41, 5.74) is 1.61. The topological polar surface area (TPSA) is 75.3 Å². The molecule has 0 bridgehead atoms. The van der Waals surface area contributed by atoms with Gasteiger partial charge in [0.15, 0.2) is 0 Å². The molecule has 0 aliphatic rings. The number of nitrogens with one attached hydrogen (secondary N) is 2. The Hall–Kier alpha value is -2.27. The largest absolute Gasteiger partial charge is 0.351 e. The van der Waals surface area contributed by atoms with Crippen LogP contribution in [0.5, 0.6) is 0 Å². The van der Waals surface area contributed by atoms with E-state index in [1.165, 1.54) is 29.8 Å². The average molecular weight is 389 g/mol. The van der Waals surface area contributed by atoms with Gasteiger partial charge in [0.25, 0.3) is 5.91 Å². The third kappa shape index (κ3) is 5.92. The standard InChI is InChI=1S/C19H20N2O3S2/c1-3-12-21-26(23,24)18-10-6-16(7-11-18)19(22)20-13-14-25-17-8-4-15(2)5-9-17/h1,4-11,21H,12-14H2,2H3,(H,20,22). The summed E-state index contributed by atoms with van der Waals surface area (Å²) in [6, 6.07) is 13.9. The van der Waals surface area contributed by atoms with Gasteiger partial charge in [-0.05, 0) is 43.3 Å². The van der Waals surface area contributed by atoms with E-state index < -0.39 is 10.0 Å². The molecular weight excluding hydrogens is 368 g/mol. The first kappa shape index (κ1) is 20.0. The molecule has 2 aromatic rings. The quantitative estimate of drug-likeness (QED) is 0.414. The van der Waals surface area contributed by atoms with E-state index in [0.717, 1.165) is 10.6 Å². The Morgan fingerprint density at radius 3 is 2.38 bits per heavy atom. The Morgan fingerprint density at radius 2 is 1.77 bits per heavy atom. The third-order valence-corrected chi connectivity index (χ3v) is 5.90. The summed E-state index contributed by atoms with van der Waals surface area (Å²) in [5.74, 6) is 2.72. The van der Waals surface area contributed by atoms with Gasteiger partial charge in [-0.2, -0.15) is 4.72 Å². The van der Waals surface area contributed by atoms with Crippen molar-refractivity contribution in [2.45, 2.75) is 16.7 Å². The lowest BCUT2D eigenvalue weighted by atomic mass is 10.2. The molecule has 136 valence electrons. The van der Waals surface area contributed by atoms with Crippen LogP contribution in [0.4, 0.5) is 0 Å². The van der Waals surface area contributed by atoms with Crippen molar-refractivity contribution in [2.24, 2.45) is 0 Å². The van der Waals surface area contributed by atoms with Crippen LogP contribution in [0, 0.1) is 19.3 Å². The van der Waals surface area contributed by atoms with Gasteiger partial charge in [-0.25, -0.2) is 8.42 Å². The van der Waals surface area contributed by atoms with Crippen LogP contribution >= 0.6 is 11.8 Å². The number of amides is 1. The molecule has 0 aromatic heterocycles. The molecule has 0 aliphatic carbocycles. The molecule has 2 N–H and O–H groups in total.